The van der Waals surface area contributed by atoms with Gasteiger partial charge >= 0.3 is 0 Å². The van der Waals surface area contributed by atoms with Gasteiger partial charge in [0.25, 0.3) is 0 Å². The van der Waals surface area contributed by atoms with Gasteiger partial charge in [0.1, 0.15) is 11.5 Å². The van der Waals surface area contributed by atoms with Gasteiger partial charge in [0.05, 0.1) is 23.7 Å². The van der Waals surface area contributed by atoms with Gasteiger partial charge in [-0.05, 0) is 48.9 Å². The molecule has 0 radical (unpaired) electrons. The third-order valence-electron chi connectivity index (χ3n) is 4.39. The second-order valence-corrected chi connectivity index (χ2v) is 6.77. The lowest BCUT2D eigenvalue weighted by atomic mass is 10.2. The summed E-state index contributed by atoms with van der Waals surface area (Å²) in [5.41, 5.74) is 5.13. The van der Waals surface area contributed by atoms with Crippen molar-refractivity contribution in [3.05, 3.63) is 109 Å². The zero-order valence-electron chi connectivity index (χ0n) is 17.7. The molecule has 0 aliphatic carbocycles. The zero-order valence-corrected chi connectivity index (χ0v) is 17.7. The number of hydrogen-bond donors (Lipinski definition) is 2. The largest absolute Gasteiger partial charge is 0.392 e. The summed E-state index contributed by atoms with van der Waals surface area (Å²) >= 11 is 0. The van der Waals surface area contributed by atoms with Crippen LogP contribution in [0.4, 0.5) is 16.0 Å². The number of rotatable bonds is 6. The lowest BCUT2D eigenvalue weighted by Crippen LogP contribution is -1.99. The lowest BCUT2D eigenvalue weighted by molar-refractivity contribution is 0.282. The number of aryl methyl sites for hydroxylation is 1. The number of allylic oxidation sites excluding steroid dienone is 4. The van der Waals surface area contributed by atoms with Crippen molar-refractivity contribution in [3.8, 4) is 11.4 Å². The Balaban J connectivity index is 0.000000360. The van der Waals surface area contributed by atoms with Gasteiger partial charge in [0.15, 0.2) is 0 Å². The molecular formula is C25H24FN5O. The van der Waals surface area contributed by atoms with E-state index < -0.39 is 5.83 Å². The summed E-state index contributed by atoms with van der Waals surface area (Å²) in [5, 5.41) is 12.5. The fourth-order valence-electron chi connectivity index (χ4n) is 2.99. The minimum Gasteiger partial charge on any atom is -0.392 e. The first-order valence-corrected chi connectivity index (χ1v) is 9.89. The first-order chi connectivity index (χ1) is 15.5. The number of imidazole rings is 1. The second kappa shape index (κ2) is 10.8. The first kappa shape index (κ1) is 22.6. The van der Waals surface area contributed by atoms with Crippen LogP contribution in [0.25, 0.3) is 17.0 Å². The predicted molar refractivity (Wildman–Crippen MR) is 126 cm³/mol. The van der Waals surface area contributed by atoms with E-state index in [1.54, 1.807) is 6.20 Å². The summed E-state index contributed by atoms with van der Waals surface area (Å²) in [7, 11) is 0. The Morgan fingerprint density at radius 1 is 1.19 bits per heavy atom. The van der Waals surface area contributed by atoms with Crippen LogP contribution in [-0.4, -0.2) is 24.5 Å². The number of nitrogens with zero attached hydrogens (tertiary/aromatic N) is 4. The third kappa shape index (κ3) is 5.74. The minimum absolute atomic E-state index is 0.00358. The monoisotopic (exact) mass is 429 g/mol. The van der Waals surface area contributed by atoms with Crippen LogP contribution in [0, 0.1) is 6.92 Å². The molecule has 3 aromatic heterocycles. The van der Waals surface area contributed by atoms with Crippen molar-refractivity contribution in [3.63, 3.8) is 0 Å². The molecule has 0 spiro atoms. The van der Waals surface area contributed by atoms with E-state index in [4.69, 9.17) is 0 Å². The molecule has 4 rings (SSSR count). The number of anilines is 2. The van der Waals surface area contributed by atoms with E-state index in [0.717, 1.165) is 34.0 Å². The van der Waals surface area contributed by atoms with Gasteiger partial charge in [0, 0.05) is 18.1 Å². The minimum atomic E-state index is -0.445. The van der Waals surface area contributed by atoms with Crippen LogP contribution in [0.5, 0.6) is 0 Å². The van der Waals surface area contributed by atoms with Gasteiger partial charge in [-0.2, -0.15) is 0 Å². The second-order valence-electron chi connectivity index (χ2n) is 6.77. The molecule has 162 valence electrons. The highest BCUT2D eigenvalue weighted by molar-refractivity contribution is 5.66. The summed E-state index contributed by atoms with van der Waals surface area (Å²) in [6.07, 6.45) is 7.86. The van der Waals surface area contributed by atoms with Crippen LogP contribution < -0.4 is 5.32 Å². The molecule has 0 fully saturated rings. The number of pyridine rings is 1. The van der Waals surface area contributed by atoms with Crippen LogP contribution in [0.3, 0.4) is 0 Å². The highest BCUT2D eigenvalue weighted by atomic mass is 19.1. The number of para-hydroxylation sites is 1. The fraction of sp³-hybridized carbons (Fsp3) is 0.0800. The fourth-order valence-corrected chi connectivity index (χ4v) is 2.99. The highest BCUT2D eigenvalue weighted by Gasteiger charge is 2.13. The van der Waals surface area contributed by atoms with Crippen LogP contribution in [0.2, 0.25) is 0 Å². The van der Waals surface area contributed by atoms with Gasteiger partial charge in [-0.25, -0.2) is 19.3 Å². The van der Waals surface area contributed by atoms with Crippen molar-refractivity contribution < 1.29 is 9.50 Å². The maximum atomic E-state index is 11.6. The number of nitrogens with one attached hydrogen (secondary N) is 1. The van der Waals surface area contributed by atoms with Crippen LogP contribution in [-0.2, 0) is 6.61 Å². The van der Waals surface area contributed by atoms with Crippen LogP contribution in [0.15, 0.2) is 98.1 Å². The molecule has 6 nitrogen and oxygen atoms in total. The molecule has 0 saturated heterocycles. The van der Waals surface area contributed by atoms with E-state index >= 15 is 0 Å². The maximum absolute atomic E-state index is 11.6. The number of aliphatic hydroxyl groups is 1. The van der Waals surface area contributed by atoms with E-state index in [2.05, 4.69) is 33.4 Å². The first-order valence-electron chi connectivity index (χ1n) is 9.89. The quantitative estimate of drug-likeness (QED) is 0.393. The van der Waals surface area contributed by atoms with Gasteiger partial charge in [-0.15, -0.1) is 0 Å². The normalized spacial score (nSPS) is 10.6. The van der Waals surface area contributed by atoms with Crippen molar-refractivity contribution in [2.45, 2.75) is 13.5 Å². The van der Waals surface area contributed by atoms with Crippen LogP contribution >= 0.6 is 0 Å². The number of aliphatic hydroxyl groups excluding tert-OH is 1. The molecule has 4 aromatic rings. The van der Waals surface area contributed by atoms with Crippen molar-refractivity contribution in [2.24, 2.45) is 0 Å². The smallest absolute Gasteiger partial charge is 0.227 e. The van der Waals surface area contributed by atoms with E-state index in [1.165, 1.54) is 18.2 Å². The summed E-state index contributed by atoms with van der Waals surface area (Å²) < 4.78 is 13.5. The Labute approximate surface area is 186 Å². The summed E-state index contributed by atoms with van der Waals surface area (Å²) in [4.78, 5) is 13.5. The van der Waals surface area contributed by atoms with Crippen molar-refractivity contribution in [2.75, 3.05) is 5.32 Å². The molecule has 0 amide bonds. The molecule has 0 aliphatic heterocycles. The van der Waals surface area contributed by atoms with Crippen molar-refractivity contribution in [1.82, 2.24) is 19.4 Å². The molecule has 3 heterocycles. The molecule has 1 aromatic carbocycles. The molecule has 32 heavy (non-hydrogen) atoms. The third-order valence-corrected chi connectivity index (χ3v) is 4.39. The zero-order chi connectivity index (χ0) is 22.9. The number of halogens is 1. The Kier molecular flexibility index (Phi) is 7.61. The maximum Gasteiger partial charge on any atom is 0.227 e. The number of aromatic nitrogens is 4. The summed E-state index contributed by atoms with van der Waals surface area (Å²) in [5.74, 6) is 0.0879. The van der Waals surface area contributed by atoms with E-state index in [-0.39, 0.29) is 6.61 Å². The van der Waals surface area contributed by atoms with Gasteiger partial charge in [-0.3, -0.25) is 4.40 Å². The summed E-state index contributed by atoms with van der Waals surface area (Å²) in [6.45, 7) is 8.28. The molecule has 0 aliphatic rings. The van der Waals surface area contributed by atoms with Gasteiger partial charge < -0.3 is 10.4 Å². The molecule has 0 unspecified atom stereocenters. The predicted octanol–water partition coefficient (Wildman–Crippen LogP) is 5.55. The lowest BCUT2D eigenvalue weighted by Gasteiger charge is -2.07. The van der Waals surface area contributed by atoms with E-state index in [0.29, 0.717) is 5.95 Å². The Morgan fingerprint density at radius 3 is 2.62 bits per heavy atom. The molecule has 0 saturated carbocycles. The molecule has 2 N–H and O–H groups in total. The topological polar surface area (TPSA) is 75.3 Å². The Hall–Kier alpha value is -4.10. The average Bonchev–Trinajstić information content (AvgIpc) is 3.13. The SMILES string of the molecule is C=C/C=C\C(=C)F.Cc1nc2cc(CO)ccn2c1-c1ccnc(Nc2ccccc2)n1. The van der Waals surface area contributed by atoms with E-state index in [9.17, 15) is 9.50 Å². The highest BCUT2D eigenvalue weighted by Crippen LogP contribution is 2.25. The number of benzene rings is 1. The van der Waals surface area contributed by atoms with Crippen molar-refractivity contribution in [1.29, 1.82) is 0 Å². The number of hydrogen-bond acceptors (Lipinski definition) is 5. The number of fused-ring (bicyclic) bond motifs is 1. The molecular weight excluding hydrogens is 405 g/mol. The van der Waals surface area contributed by atoms with E-state index in [1.807, 2.05) is 66.1 Å². The standard InChI is InChI=1S/C19H17N5O.C6H7F/c1-13-18(24-10-8-14(12-25)11-17(24)21-13)16-7-9-20-19(23-16)22-15-5-3-2-4-6-15;1-3-4-5-6(2)7/h2-11,25H,12H2,1H3,(H,20,22,23);3-5H,1-2H2/b;5-4-. The molecule has 7 heteroatoms. The molecule has 0 atom stereocenters. The van der Waals surface area contributed by atoms with Crippen LogP contribution in [0.1, 0.15) is 11.3 Å². The molecule has 0 bridgehead atoms. The summed E-state index contributed by atoms with van der Waals surface area (Å²) in [6, 6.07) is 15.4. The van der Waals surface area contributed by atoms with Gasteiger partial charge in [0.2, 0.25) is 5.95 Å². The van der Waals surface area contributed by atoms with Crippen molar-refractivity contribution >= 4 is 17.3 Å². The Morgan fingerprint density at radius 2 is 1.97 bits per heavy atom. The average molecular weight is 429 g/mol. The van der Waals surface area contributed by atoms with Gasteiger partial charge in [-0.1, -0.05) is 43.5 Å². The Bertz CT molecular complexity index is 1250.